The number of rotatable bonds is 10. The minimum absolute atomic E-state index is 0.0604. The molecule has 11 nitrogen and oxygen atoms in total. The fourth-order valence-corrected chi connectivity index (χ4v) is 4.58. The van der Waals surface area contributed by atoms with E-state index in [1.807, 2.05) is 6.07 Å². The molecule has 196 valence electrons. The molecule has 3 heterocycles. The molecule has 2 amide bonds. The van der Waals surface area contributed by atoms with Gasteiger partial charge in [-0.25, -0.2) is 14.5 Å². The Morgan fingerprint density at radius 3 is 2.49 bits per heavy atom. The number of carbonyl (C=O) groups excluding carboxylic acids is 2. The van der Waals surface area contributed by atoms with Gasteiger partial charge >= 0.3 is 0 Å². The molecule has 2 aliphatic carbocycles. The summed E-state index contributed by atoms with van der Waals surface area (Å²) in [5.74, 6) is -0.439. The van der Waals surface area contributed by atoms with E-state index in [2.05, 4.69) is 36.3 Å². The van der Waals surface area contributed by atoms with Gasteiger partial charge in [0.15, 0.2) is 11.3 Å². The molecule has 3 aromatic heterocycles. The number of hydrogen-bond donors (Lipinski definition) is 5. The average Bonchev–Trinajstić information content (AvgIpc) is 3.59. The Hall–Kier alpha value is -3.80. The fraction of sp³-hybridized carbons (Fsp3) is 0.480. The molecule has 0 bridgehead atoms. The van der Waals surface area contributed by atoms with Gasteiger partial charge in [-0.1, -0.05) is 0 Å². The summed E-state index contributed by atoms with van der Waals surface area (Å²) in [6.45, 7) is 0.515. The van der Waals surface area contributed by atoms with Gasteiger partial charge in [0.05, 0.1) is 11.9 Å². The van der Waals surface area contributed by atoms with Crippen molar-refractivity contribution in [2.45, 2.75) is 69.5 Å². The van der Waals surface area contributed by atoms with Crippen LogP contribution < -0.4 is 27.0 Å². The molecule has 0 unspecified atom stereocenters. The highest BCUT2D eigenvalue weighted by molar-refractivity contribution is 6.03. The Bertz CT molecular complexity index is 1270. The van der Waals surface area contributed by atoms with Crippen LogP contribution in [0.2, 0.25) is 0 Å². The van der Waals surface area contributed by atoms with Gasteiger partial charge in [0.2, 0.25) is 11.9 Å². The van der Waals surface area contributed by atoms with E-state index >= 15 is 0 Å². The van der Waals surface area contributed by atoms with Crippen molar-refractivity contribution >= 4 is 34.7 Å². The van der Waals surface area contributed by atoms with Crippen molar-refractivity contribution in [3.63, 3.8) is 0 Å². The van der Waals surface area contributed by atoms with Crippen molar-refractivity contribution in [2.75, 3.05) is 22.5 Å². The monoisotopic (exact) mass is 509 g/mol. The Balaban J connectivity index is 1.30. The SMILES string of the molecule is NCCCC(=O)N[C@H]1CC[C@H](Nc2cc(NC3CC3)c3ncc(C(=O)Nc4ccnc(F)c4)n3n2)CC1. The smallest absolute Gasteiger partial charge is 0.276 e. The van der Waals surface area contributed by atoms with Gasteiger partial charge in [0, 0.05) is 48.6 Å². The van der Waals surface area contributed by atoms with Crippen molar-refractivity contribution in [1.29, 1.82) is 0 Å². The summed E-state index contributed by atoms with van der Waals surface area (Å²) in [5, 5.41) is 17.5. The van der Waals surface area contributed by atoms with E-state index < -0.39 is 11.9 Å². The van der Waals surface area contributed by atoms with Crippen LogP contribution in [-0.4, -0.2) is 56.1 Å². The third-order valence-electron chi connectivity index (χ3n) is 6.67. The zero-order chi connectivity index (χ0) is 25.8. The molecule has 37 heavy (non-hydrogen) atoms. The molecule has 0 aliphatic heterocycles. The molecule has 2 fully saturated rings. The molecule has 6 N–H and O–H groups in total. The van der Waals surface area contributed by atoms with E-state index in [-0.39, 0.29) is 23.7 Å². The minimum Gasteiger partial charge on any atom is -0.379 e. The lowest BCUT2D eigenvalue weighted by atomic mass is 9.91. The van der Waals surface area contributed by atoms with Gasteiger partial charge < -0.3 is 27.0 Å². The molecule has 12 heteroatoms. The number of nitrogens with one attached hydrogen (secondary N) is 4. The second-order valence-electron chi connectivity index (χ2n) is 9.71. The highest BCUT2D eigenvalue weighted by Gasteiger charge is 2.26. The summed E-state index contributed by atoms with van der Waals surface area (Å²) < 4.78 is 15.0. The number of halogens is 1. The average molecular weight is 510 g/mol. The highest BCUT2D eigenvalue weighted by atomic mass is 19.1. The van der Waals surface area contributed by atoms with E-state index in [1.165, 1.54) is 23.0 Å². The van der Waals surface area contributed by atoms with Gasteiger partial charge in [-0.05, 0) is 57.6 Å². The first-order valence-corrected chi connectivity index (χ1v) is 12.8. The van der Waals surface area contributed by atoms with Gasteiger partial charge in [0.1, 0.15) is 5.82 Å². The predicted molar refractivity (Wildman–Crippen MR) is 138 cm³/mol. The summed E-state index contributed by atoms with van der Waals surface area (Å²) in [6.07, 6.45) is 9.61. The van der Waals surface area contributed by atoms with Gasteiger partial charge in [-0.3, -0.25) is 9.59 Å². The normalized spacial score (nSPS) is 19.4. The van der Waals surface area contributed by atoms with E-state index in [4.69, 9.17) is 5.73 Å². The van der Waals surface area contributed by atoms with Crippen molar-refractivity contribution in [1.82, 2.24) is 24.9 Å². The Labute approximate surface area is 213 Å². The molecule has 0 spiro atoms. The standard InChI is InChI=1S/C25H32FN9O2/c26-21-12-18(9-11-28-21)33-25(37)20-14-29-24-19(30-15-3-4-15)13-22(34-35(20)24)31-16-5-7-17(8-6-16)32-23(36)2-1-10-27/h9,11-17,30H,1-8,10,27H2,(H,31,34)(H,32,36)(H,28,33,37)/t16-,17-. The Morgan fingerprint density at radius 1 is 1.03 bits per heavy atom. The van der Waals surface area contributed by atoms with Crippen LogP contribution in [0.4, 0.5) is 21.6 Å². The van der Waals surface area contributed by atoms with Crippen LogP contribution >= 0.6 is 0 Å². The number of aromatic nitrogens is 4. The molecule has 0 atom stereocenters. The number of pyridine rings is 1. The van der Waals surface area contributed by atoms with Gasteiger partial charge in [-0.2, -0.15) is 4.39 Å². The first-order chi connectivity index (χ1) is 18.0. The van der Waals surface area contributed by atoms with Crippen LogP contribution in [0.15, 0.2) is 30.6 Å². The molecule has 0 aromatic carbocycles. The Kier molecular flexibility index (Phi) is 7.45. The maximum Gasteiger partial charge on any atom is 0.276 e. The van der Waals surface area contributed by atoms with Crippen molar-refractivity contribution < 1.29 is 14.0 Å². The molecule has 2 aliphatic rings. The molecule has 2 saturated carbocycles. The largest absolute Gasteiger partial charge is 0.379 e. The number of nitrogens with zero attached hydrogens (tertiary/aromatic N) is 4. The fourth-order valence-electron chi connectivity index (χ4n) is 4.58. The maximum absolute atomic E-state index is 13.5. The second kappa shape index (κ2) is 11.1. The zero-order valence-corrected chi connectivity index (χ0v) is 20.5. The second-order valence-corrected chi connectivity index (χ2v) is 9.71. The zero-order valence-electron chi connectivity index (χ0n) is 20.5. The quantitative estimate of drug-likeness (QED) is 0.262. The Morgan fingerprint density at radius 2 is 1.76 bits per heavy atom. The van der Waals surface area contributed by atoms with Crippen LogP contribution in [0.5, 0.6) is 0 Å². The van der Waals surface area contributed by atoms with Crippen LogP contribution in [-0.2, 0) is 4.79 Å². The number of imidazole rings is 1. The van der Waals surface area contributed by atoms with Gasteiger partial charge in [0.25, 0.3) is 5.91 Å². The lowest BCUT2D eigenvalue weighted by molar-refractivity contribution is -0.122. The summed E-state index contributed by atoms with van der Waals surface area (Å²) in [5.41, 5.74) is 7.37. The maximum atomic E-state index is 13.5. The summed E-state index contributed by atoms with van der Waals surface area (Å²) >= 11 is 0. The van der Waals surface area contributed by atoms with E-state index in [0.717, 1.165) is 50.3 Å². The molecule has 3 aromatic rings. The molecule has 0 saturated heterocycles. The van der Waals surface area contributed by atoms with E-state index in [0.29, 0.717) is 42.6 Å². The van der Waals surface area contributed by atoms with Crippen molar-refractivity contribution in [2.24, 2.45) is 5.73 Å². The number of amides is 2. The van der Waals surface area contributed by atoms with Crippen LogP contribution in [0, 0.1) is 5.95 Å². The van der Waals surface area contributed by atoms with E-state index in [9.17, 15) is 14.0 Å². The minimum atomic E-state index is -0.679. The summed E-state index contributed by atoms with van der Waals surface area (Å²) in [4.78, 5) is 33.0. The lowest BCUT2D eigenvalue weighted by Crippen LogP contribution is -2.40. The van der Waals surface area contributed by atoms with E-state index in [1.54, 1.807) is 0 Å². The first kappa shape index (κ1) is 24.9. The number of carbonyl (C=O) groups is 2. The van der Waals surface area contributed by atoms with Gasteiger partial charge in [-0.15, -0.1) is 5.10 Å². The summed E-state index contributed by atoms with van der Waals surface area (Å²) in [6, 6.07) is 5.34. The number of anilines is 3. The van der Waals surface area contributed by atoms with Crippen molar-refractivity contribution in [3.05, 3.63) is 42.2 Å². The number of fused-ring (bicyclic) bond motifs is 1. The third-order valence-corrected chi connectivity index (χ3v) is 6.67. The third kappa shape index (κ3) is 6.31. The highest BCUT2D eigenvalue weighted by Crippen LogP contribution is 2.30. The van der Waals surface area contributed by atoms with Crippen LogP contribution in [0.3, 0.4) is 0 Å². The van der Waals surface area contributed by atoms with Crippen molar-refractivity contribution in [3.8, 4) is 0 Å². The lowest BCUT2D eigenvalue weighted by Gasteiger charge is -2.30. The molecular formula is C25H32FN9O2. The predicted octanol–water partition coefficient (Wildman–Crippen LogP) is 2.67. The van der Waals surface area contributed by atoms with Crippen LogP contribution in [0.25, 0.3) is 5.65 Å². The number of hydrogen-bond acceptors (Lipinski definition) is 8. The van der Waals surface area contributed by atoms with Crippen LogP contribution in [0.1, 0.15) is 61.9 Å². The molecular weight excluding hydrogens is 477 g/mol. The first-order valence-electron chi connectivity index (χ1n) is 12.8. The molecule has 0 radical (unpaired) electrons. The summed E-state index contributed by atoms with van der Waals surface area (Å²) in [7, 11) is 0. The molecule has 5 rings (SSSR count). The number of nitrogens with two attached hydrogens (primary N) is 1. The topological polar surface area (TPSA) is 151 Å².